The molecule has 90 valence electrons. The van der Waals surface area contributed by atoms with E-state index >= 15 is 0 Å². The minimum absolute atomic E-state index is 0.370. The van der Waals surface area contributed by atoms with Gasteiger partial charge in [-0.3, -0.25) is 0 Å². The van der Waals surface area contributed by atoms with E-state index in [-0.39, 0.29) is 0 Å². The molecule has 0 aliphatic rings. The summed E-state index contributed by atoms with van der Waals surface area (Å²) in [5, 5.41) is 3.33. The van der Waals surface area contributed by atoms with Crippen LogP contribution in [-0.4, -0.2) is 7.05 Å². The molecule has 0 fully saturated rings. The second-order valence-electron chi connectivity index (χ2n) is 4.42. The van der Waals surface area contributed by atoms with Crippen molar-refractivity contribution < 1.29 is 4.42 Å². The van der Waals surface area contributed by atoms with E-state index in [0.717, 1.165) is 12.8 Å². The smallest absolute Gasteiger partial charge is 0.0950 e. The lowest BCUT2D eigenvalue weighted by Gasteiger charge is -2.14. The molecule has 0 amide bonds. The Morgan fingerprint density at radius 3 is 2.53 bits per heavy atom. The predicted molar refractivity (Wildman–Crippen MR) is 70.0 cm³/mol. The maximum atomic E-state index is 5.13. The van der Waals surface area contributed by atoms with Gasteiger partial charge in [-0.25, -0.2) is 0 Å². The summed E-state index contributed by atoms with van der Waals surface area (Å²) < 4.78 is 5.13. The Bertz CT molecular complexity index is 430. The molecule has 1 aromatic carbocycles. The van der Waals surface area contributed by atoms with E-state index in [2.05, 4.69) is 36.5 Å². The molecule has 0 bridgehead atoms. The molecule has 17 heavy (non-hydrogen) atoms. The predicted octanol–water partition coefficient (Wildman–Crippen LogP) is 3.48. The average Bonchev–Trinajstić information content (AvgIpc) is 2.86. The zero-order chi connectivity index (χ0) is 12.1. The molecule has 0 saturated carbocycles. The number of furan rings is 1. The molecular formula is C15H19NO. The molecule has 1 N–H and O–H groups in total. The van der Waals surface area contributed by atoms with Gasteiger partial charge in [0.05, 0.1) is 12.5 Å². The van der Waals surface area contributed by atoms with Gasteiger partial charge in [0.1, 0.15) is 0 Å². The van der Waals surface area contributed by atoms with Crippen LogP contribution < -0.4 is 5.32 Å². The first-order chi connectivity index (χ1) is 8.29. The number of nitrogens with one attached hydrogen (secondary N) is 1. The first-order valence-corrected chi connectivity index (χ1v) is 6.04. The van der Waals surface area contributed by atoms with Gasteiger partial charge >= 0.3 is 0 Å². The van der Waals surface area contributed by atoms with Crippen LogP contribution in [0.5, 0.6) is 0 Å². The zero-order valence-corrected chi connectivity index (χ0v) is 10.4. The molecule has 1 unspecified atom stereocenters. The Hall–Kier alpha value is -1.54. The SMILES string of the molecule is CNC(CCc1ccc(C)cc1)c1ccoc1. The lowest BCUT2D eigenvalue weighted by Crippen LogP contribution is -2.16. The number of aryl methyl sites for hydroxylation is 2. The van der Waals surface area contributed by atoms with Gasteiger partial charge < -0.3 is 9.73 Å². The van der Waals surface area contributed by atoms with E-state index in [1.54, 1.807) is 6.26 Å². The van der Waals surface area contributed by atoms with Crippen LogP contribution in [0.2, 0.25) is 0 Å². The maximum absolute atomic E-state index is 5.13. The van der Waals surface area contributed by atoms with Crippen molar-refractivity contribution in [1.29, 1.82) is 0 Å². The van der Waals surface area contributed by atoms with Gasteiger partial charge in [0.15, 0.2) is 0 Å². The Morgan fingerprint density at radius 1 is 1.18 bits per heavy atom. The highest BCUT2D eigenvalue weighted by atomic mass is 16.3. The molecule has 2 heteroatoms. The fourth-order valence-electron chi connectivity index (χ4n) is 2.02. The molecule has 0 spiro atoms. The van der Waals surface area contributed by atoms with Crippen molar-refractivity contribution in [3.8, 4) is 0 Å². The van der Waals surface area contributed by atoms with Crippen LogP contribution in [-0.2, 0) is 6.42 Å². The summed E-state index contributed by atoms with van der Waals surface area (Å²) in [5.74, 6) is 0. The Kier molecular flexibility index (Phi) is 3.99. The fraction of sp³-hybridized carbons (Fsp3) is 0.333. The van der Waals surface area contributed by atoms with Gasteiger partial charge in [-0.2, -0.15) is 0 Å². The number of rotatable bonds is 5. The molecule has 1 heterocycles. The van der Waals surface area contributed by atoms with Gasteiger partial charge in [-0.05, 0) is 38.4 Å². The van der Waals surface area contributed by atoms with Crippen molar-refractivity contribution in [2.45, 2.75) is 25.8 Å². The normalized spacial score (nSPS) is 12.6. The van der Waals surface area contributed by atoms with Crippen molar-refractivity contribution in [3.63, 3.8) is 0 Å². The number of hydrogen-bond donors (Lipinski definition) is 1. The third-order valence-electron chi connectivity index (χ3n) is 3.14. The van der Waals surface area contributed by atoms with Gasteiger partial charge in [0.2, 0.25) is 0 Å². The molecule has 0 aliphatic heterocycles. The van der Waals surface area contributed by atoms with Crippen LogP contribution in [0.25, 0.3) is 0 Å². The zero-order valence-electron chi connectivity index (χ0n) is 10.4. The van der Waals surface area contributed by atoms with E-state index in [1.807, 2.05) is 19.4 Å². The Morgan fingerprint density at radius 2 is 1.94 bits per heavy atom. The lowest BCUT2D eigenvalue weighted by atomic mass is 10.0. The van der Waals surface area contributed by atoms with Crippen LogP contribution in [0.15, 0.2) is 47.3 Å². The first-order valence-electron chi connectivity index (χ1n) is 6.04. The second-order valence-corrected chi connectivity index (χ2v) is 4.42. The highest BCUT2D eigenvalue weighted by Gasteiger charge is 2.10. The summed E-state index contributed by atoms with van der Waals surface area (Å²) in [6.45, 7) is 2.12. The van der Waals surface area contributed by atoms with Crippen molar-refractivity contribution in [3.05, 3.63) is 59.5 Å². The maximum Gasteiger partial charge on any atom is 0.0950 e. The van der Waals surface area contributed by atoms with E-state index in [0.29, 0.717) is 6.04 Å². The summed E-state index contributed by atoms with van der Waals surface area (Å²) in [6.07, 6.45) is 5.71. The number of benzene rings is 1. The van der Waals surface area contributed by atoms with Gasteiger partial charge in [0.25, 0.3) is 0 Å². The minimum Gasteiger partial charge on any atom is -0.472 e. The molecule has 2 rings (SSSR count). The van der Waals surface area contributed by atoms with Crippen molar-refractivity contribution >= 4 is 0 Å². The molecule has 0 radical (unpaired) electrons. The standard InChI is InChI=1S/C15H19NO/c1-12-3-5-13(6-4-12)7-8-15(16-2)14-9-10-17-11-14/h3-6,9-11,15-16H,7-8H2,1-2H3. The Labute approximate surface area is 103 Å². The molecule has 1 atom stereocenters. The first kappa shape index (κ1) is 11.9. The van der Waals surface area contributed by atoms with Gasteiger partial charge in [-0.1, -0.05) is 29.8 Å². The van der Waals surface area contributed by atoms with E-state index in [9.17, 15) is 0 Å². The molecule has 2 nitrogen and oxygen atoms in total. The van der Waals surface area contributed by atoms with Crippen LogP contribution in [0.3, 0.4) is 0 Å². The summed E-state index contributed by atoms with van der Waals surface area (Å²) in [6, 6.07) is 11.1. The monoisotopic (exact) mass is 229 g/mol. The lowest BCUT2D eigenvalue weighted by molar-refractivity contribution is 0.524. The highest BCUT2D eigenvalue weighted by molar-refractivity contribution is 5.22. The van der Waals surface area contributed by atoms with E-state index in [1.165, 1.54) is 16.7 Å². The molecular weight excluding hydrogens is 210 g/mol. The summed E-state index contributed by atoms with van der Waals surface area (Å²) >= 11 is 0. The van der Waals surface area contributed by atoms with Crippen molar-refractivity contribution in [1.82, 2.24) is 5.32 Å². The van der Waals surface area contributed by atoms with Crippen LogP contribution in [0.1, 0.15) is 29.2 Å². The largest absolute Gasteiger partial charge is 0.472 e. The van der Waals surface area contributed by atoms with Crippen LogP contribution >= 0.6 is 0 Å². The molecule has 1 aromatic heterocycles. The third-order valence-corrected chi connectivity index (χ3v) is 3.14. The molecule has 0 saturated heterocycles. The van der Waals surface area contributed by atoms with Gasteiger partial charge in [-0.15, -0.1) is 0 Å². The second kappa shape index (κ2) is 5.69. The fourth-order valence-corrected chi connectivity index (χ4v) is 2.02. The minimum atomic E-state index is 0.370. The summed E-state index contributed by atoms with van der Waals surface area (Å²) in [4.78, 5) is 0. The van der Waals surface area contributed by atoms with Crippen molar-refractivity contribution in [2.24, 2.45) is 0 Å². The molecule has 2 aromatic rings. The third kappa shape index (κ3) is 3.21. The van der Waals surface area contributed by atoms with Crippen LogP contribution in [0, 0.1) is 6.92 Å². The van der Waals surface area contributed by atoms with Gasteiger partial charge in [0, 0.05) is 11.6 Å². The average molecular weight is 229 g/mol. The Balaban J connectivity index is 1.94. The summed E-state index contributed by atoms with van der Waals surface area (Å²) in [7, 11) is 1.99. The van der Waals surface area contributed by atoms with Crippen LogP contribution in [0.4, 0.5) is 0 Å². The van der Waals surface area contributed by atoms with Crippen molar-refractivity contribution in [2.75, 3.05) is 7.05 Å². The molecule has 0 aliphatic carbocycles. The highest BCUT2D eigenvalue weighted by Crippen LogP contribution is 2.19. The van der Waals surface area contributed by atoms with E-state index < -0.39 is 0 Å². The van der Waals surface area contributed by atoms with E-state index in [4.69, 9.17) is 4.42 Å². The topological polar surface area (TPSA) is 25.2 Å². The number of hydrogen-bond acceptors (Lipinski definition) is 2. The summed E-state index contributed by atoms with van der Waals surface area (Å²) in [5.41, 5.74) is 3.92. The quantitative estimate of drug-likeness (QED) is 0.849.